The van der Waals surface area contributed by atoms with Crippen molar-refractivity contribution in [2.75, 3.05) is 0 Å². The number of nitrogens with one attached hydrogen (secondary N) is 3. The molecule has 3 N–H and O–H groups in total. The smallest absolute Gasteiger partial charge is 0.315 e. The van der Waals surface area contributed by atoms with Crippen LogP contribution in [0.15, 0.2) is 24.5 Å². The molecule has 2 aliphatic carbocycles. The largest absolute Gasteiger partial charge is 0.331 e. The monoisotopic (exact) mass is 311 g/mol. The molecule has 2 aliphatic rings. The van der Waals surface area contributed by atoms with E-state index in [0.29, 0.717) is 11.7 Å². The Kier molecular flexibility index (Phi) is 3.52. The lowest BCUT2D eigenvalue weighted by molar-refractivity contribution is 0.233. The van der Waals surface area contributed by atoms with Gasteiger partial charge in [-0.15, -0.1) is 0 Å². The van der Waals surface area contributed by atoms with Crippen LogP contribution in [0.25, 0.3) is 0 Å². The lowest BCUT2D eigenvalue weighted by Gasteiger charge is -2.20. The molecule has 1 aromatic heterocycles. The highest BCUT2D eigenvalue weighted by atomic mass is 16.2. The van der Waals surface area contributed by atoms with E-state index in [9.17, 15) is 4.79 Å². The second kappa shape index (κ2) is 5.68. The summed E-state index contributed by atoms with van der Waals surface area (Å²) in [6, 6.07) is 6.27. The molecule has 2 aromatic rings. The van der Waals surface area contributed by atoms with Crippen molar-refractivity contribution in [1.82, 2.24) is 25.8 Å². The first kappa shape index (κ1) is 14.2. The van der Waals surface area contributed by atoms with Gasteiger partial charge in [0.15, 0.2) is 0 Å². The SMILES string of the molecule is C[C@H](NC(=O)N[C@H]1C[C@H]2CCCc3cccc1c32)c1ncn[nH]1. The van der Waals surface area contributed by atoms with Crippen molar-refractivity contribution in [1.29, 1.82) is 0 Å². The number of hydrogen-bond acceptors (Lipinski definition) is 3. The van der Waals surface area contributed by atoms with Gasteiger partial charge in [0.25, 0.3) is 0 Å². The van der Waals surface area contributed by atoms with Gasteiger partial charge >= 0.3 is 6.03 Å². The van der Waals surface area contributed by atoms with E-state index < -0.39 is 0 Å². The zero-order valence-electron chi connectivity index (χ0n) is 13.2. The molecule has 0 saturated heterocycles. The van der Waals surface area contributed by atoms with E-state index in [2.05, 4.69) is 44.0 Å². The standard InChI is InChI=1S/C17H21N5O/c1-10(16-18-9-19-22-16)20-17(23)21-14-8-12-6-2-4-11-5-3-7-13(14)15(11)12/h3,5,7,9-10,12,14H,2,4,6,8H2,1H3,(H,18,19,22)(H2,20,21,23)/t10-,12+,14-/m0/s1. The number of hydrogen-bond donors (Lipinski definition) is 3. The molecule has 4 rings (SSSR count). The van der Waals surface area contributed by atoms with E-state index in [1.165, 1.54) is 42.3 Å². The third kappa shape index (κ3) is 2.58. The highest BCUT2D eigenvalue weighted by molar-refractivity contribution is 5.75. The summed E-state index contributed by atoms with van der Waals surface area (Å²) in [6.07, 6.45) is 6.11. The van der Waals surface area contributed by atoms with Crippen molar-refractivity contribution in [3.63, 3.8) is 0 Å². The molecule has 6 heteroatoms. The van der Waals surface area contributed by atoms with Crippen LogP contribution in [-0.4, -0.2) is 21.2 Å². The number of nitrogens with zero attached hydrogens (tertiary/aromatic N) is 2. The minimum atomic E-state index is -0.198. The summed E-state index contributed by atoms with van der Waals surface area (Å²) in [5, 5.41) is 12.6. The zero-order valence-corrected chi connectivity index (χ0v) is 13.2. The van der Waals surface area contributed by atoms with Crippen LogP contribution in [0.2, 0.25) is 0 Å². The average molecular weight is 311 g/mol. The number of rotatable bonds is 3. The van der Waals surface area contributed by atoms with Gasteiger partial charge in [0.1, 0.15) is 12.2 Å². The molecular formula is C17H21N5O. The van der Waals surface area contributed by atoms with Crippen LogP contribution in [0.4, 0.5) is 4.79 Å². The molecule has 23 heavy (non-hydrogen) atoms. The maximum Gasteiger partial charge on any atom is 0.315 e. The number of aromatic nitrogens is 3. The highest BCUT2D eigenvalue weighted by Gasteiger charge is 2.35. The van der Waals surface area contributed by atoms with Crippen LogP contribution >= 0.6 is 0 Å². The van der Waals surface area contributed by atoms with E-state index in [4.69, 9.17) is 0 Å². The molecule has 0 aliphatic heterocycles. The lowest BCUT2D eigenvalue weighted by Crippen LogP contribution is -2.39. The van der Waals surface area contributed by atoms with Crippen molar-refractivity contribution < 1.29 is 4.79 Å². The Bertz CT molecular complexity index is 712. The summed E-state index contributed by atoms with van der Waals surface area (Å²) >= 11 is 0. The number of benzene rings is 1. The molecule has 1 aromatic carbocycles. The van der Waals surface area contributed by atoms with Crippen molar-refractivity contribution in [2.45, 2.75) is 50.6 Å². The first-order chi connectivity index (χ1) is 11.2. The van der Waals surface area contributed by atoms with Crippen molar-refractivity contribution in [2.24, 2.45) is 0 Å². The molecule has 2 amide bonds. The first-order valence-electron chi connectivity index (χ1n) is 8.26. The Labute approximate surface area is 135 Å². The van der Waals surface area contributed by atoms with E-state index in [1.54, 1.807) is 0 Å². The Balaban J connectivity index is 1.46. The molecule has 0 saturated carbocycles. The van der Waals surface area contributed by atoms with E-state index >= 15 is 0 Å². The molecular weight excluding hydrogens is 290 g/mol. The normalized spacial score (nSPS) is 23.2. The summed E-state index contributed by atoms with van der Waals surface area (Å²) in [4.78, 5) is 16.4. The minimum Gasteiger partial charge on any atom is -0.331 e. The minimum absolute atomic E-state index is 0.106. The van der Waals surface area contributed by atoms with Crippen LogP contribution in [-0.2, 0) is 6.42 Å². The second-order valence-electron chi connectivity index (χ2n) is 6.51. The third-order valence-corrected chi connectivity index (χ3v) is 5.03. The van der Waals surface area contributed by atoms with Gasteiger partial charge in [-0.05, 0) is 55.2 Å². The summed E-state index contributed by atoms with van der Waals surface area (Å²) in [7, 11) is 0. The maximum atomic E-state index is 12.3. The highest BCUT2D eigenvalue weighted by Crippen LogP contribution is 2.47. The number of aromatic amines is 1. The quantitative estimate of drug-likeness (QED) is 0.815. The topological polar surface area (TPSA) is 82.7 Å². The Morgan fingerprint density at radius 2 is 2.35 bits per heavy atom. The number of H-pyrrole nitrogens is 1. The summed E-state index contributed by atoms with van der Waals surface area (Å²) in [5.74, 6) is 1.26. The molecule has 0 radical (unpaired) electrons. The Hall–Kier alpha value is -2.37. The number of urea groups is 1. The van der Waals surface area contributed by atoms with Gasteiger partial charge in [0.2, 0.25) is 0 Å². The van der Waals surface area contributed by atoms with Crippen LogP contribution in [0.3, 0.4) is 0 Å². The Morgan fingerprint density at radius 3 is 3.17 bits per heavy atom. The number of aryl methyl sites for hydroxylation is 1. The summed E-state index contributed by atoms with van der Waals surface area (Å²) in [5.41, 5.74) is 4.26. The molecule has 0 fully saturated rings. The second-order valence-corrected chi connectivity index (χ2v) is 6.51. The van der Waals surface area contributed by atoms with Crippen LogP contribution in [0.1, 0.15) is 66.7 Å². The average Bonchev–Trinajstić information content (AvgIpc) is 3.18. The molecule has 1 heterocycles. The van der Waals surface area contributed by atoms with E-state index in [-0.39, 0.29) is 18.1 Å². The van der Waals surface area contributed by atoms with Gasteiger partial charge in [0.05, 0.1) is 12.1 Å². The molecule has 0 unspecified atom stereocenters. The predicted molar refractivity (Wildman–Crippen MR) is 85.9 cm³/mol. The van der Waals surface area contributed by atoms with Crippen molar-refractivity contribution in [3.8, 4) is 0 Å². The summed E-state index contributed by atoms with van der Waals surface area (Å²) in [6.45, 7) is 1.89. The van der Waals surface area contributed by atoms with Gasteiger partial charge in [0, 0.05) is 0 Å². The maximum absolute atomic E-state index is 12.3. The van der Waals surface area contributed by atoms with Gasteiger partial charge in [-0.3, -0.25) is 5.10 Å². The number of carbonyl (C=O) groups is 1. The molecule has 0 spiro atoms. The van der Waals surface area contributed by atoms with Gasteiger partial charge < -0.3 is 10.6 Å². The molecule has 120 valence electrons. The van der Waals surface area contributed by atoms with E-state index in [1.807, 2.05) is 6.92 Å². The third-order valence-electron chi connectivity index (χ3n) is 5.03. The fourth-order valence-electron chi connectivity index (χ4n) is 4.01. The Morgan fingerprint density at radius 1 is 1.43 bits per heavy atom. The fraction of sp³-hybridized carbons (Fsp3) is 0.471. The van der Waals surface area contributed by atoms with E-state index in [0.717, 1.165) is 6.42 Å². The fourth-order valence-corrected chi connectivity index (χ4v) is 4.01. The van der Waals surface area contributed by atoms with Gasteiger partial charge in [-0.25, -0.2) is 9.78 Å². The molecule has 6 nitrogen and oxygen atoms in total. The van der Waals surface area contributed by atoms with Crippen LogP contribution in [0.5, 0.6) is 0 Å². The lowest BCUT2D eigenvalue weighted by atomic mass is 9.84. The van der Waals surface area contributed by atoms with Crippen LogP contribution < -0.4 is 10.6 Å². The van der Waals surface area contributed by atoms with Crippen molar-refractivity contribution >= 4 is 6.03 Å². The number of amides is 2. The first-order valence-corrected chi connectivity index (χ1v) is 8.26. The van der Waals surface area contributed by atoms with Crippen molar-refractivity contribution in [3.05, 3.63) is 47.0 Å². The molecule has 0 bridgehead atoms. The number of carbonyl (C=O) groups excluding carboxylic acids is 1. The predicted octanol–water partition coefficient (Wildman–Crippen LogP) is 2.73. The van der Waals surface area contributed by atoms with Gasteiger partial charge in [-0.2, -0.15) is 5.10 Å². The van der Waals surface area contributed by atoms with Gasteiger partial charge in [-0.1, -0.05) is 18.2 Å². The van der Waals surface area contributed by atoms with Crippen LogP contribution in [0, 0.1) is 0 Å². The zero-order chi connectivity index (χ0) is 15.8. The molecule has 3 atom stereocenters. The summed E-state index contributed by atoms with van der Waals surface area (Å²) < 4.78 is 0.